The first-order chi connectivity index (χ1) is 10.2. The summed E-state index contributed by atoms with van der Waals surface area (Å²) in [5.74, 6) is 1.67. The molecule has 0 fully saturated rings. The number of rotatable bonds is 5. The molecule has 21 heavy (non-hydrogen) atoms. The average molecular weight is 349 g/mol. The van der Waals surface area contributed by atoms with Gasteiger partial charge in [-0.05, 0) is 60.4 Å². The molecule has 1 aliphatic carbocycles. The SMILES string of the molecule is OC1CCc2cc(OCCOc3ccc(Br)cc3)ccc21. The van der Waals surface area contributed by atoms with Crippen LogP contribution < -0.4 is 9.47 Å². The third kappa shape index (κ3) is 3.57. The lowest BCUT2D eigenvalue weighted by Crippen LogP contribution is -2.09. The van der Waals surface area contributed by atoms with Gasteiger partial charge in [-0.25, -0.2) is 0 Å². The summed E-state index contributed by atoms with van der Waals surface area (Å²) in [6.45, 7) is 0.999. The van der Waals surface area contributed by atoms with Crippen LogP contribution in [0, 0.1) is 0 Å². The summed E-state index contributed by atoms with van der Waals surface area (Å²) in [4.78, 5) is 0. The summed E-state index contributed by atoms with van der Waals surface area (Å²) < 4.78 is 12.3. The molecule has 0 heterocycles. The lowest BCUT2D eigenvalue weighted by atomic mass is 10.1. The van der Waals surface area contributed by atoms with Crippen molar-refractivity contribution in [1.82, 2.24) is 0 Å². The highest BCUT2D eigenvalue weighted by Crippen LogP contribution is 2.33. The Morgan fingerprint density at radius 2 is 1.67 bits per heavy atom. The fraction of sp³-hybridized carbons (Fsp3) is 0.294. The zero-order valence-electron chi connectivity index (χ0n) is 11.6. The van der Waals surface area contributed by atoms with Gasteiger partial charge in [-0.2, -0.15) is 0 Å². The van der Waals surface area contributed by atoms with Crippen LogP contribution in [0.1, 0.15) is 23.7 Å². The predicted octanol–water partition coefficient (Wildman–Crippen LogP) is 3.89. The second-order valence-electron chi connectivity index (χ2n) is 5.07. The van der Waals surface area contributed by atoms with Gasteiger partial charge in [0.1, 0.15) is 24.7 Å². The molecule has 4 heteroatoms. The predicted molar refractivity (Wildman–Crippen MR) is 84.9 cm³/mol. The van der Waals surface area contributed by atoms with Gasteiger partial charge < -0.3 is 14.6 Å². The molecule has 0 saturated heterocycles. The molecule has 3 rings (SSSR count). The molecule has 0 aromatic heterocycles. The maximum atomic E-state index is 9.77. The number of benzene rings is 2. The Labute approximate surface area is 132 Å². The van der Waals surface area contributed by atoms with E-state index in [0.717, 1.165) is 34.4 Å². The number of aliphatic hydroxyl groups excluding tert-OH is 1. The molecule has 0 aliphatic heterocycles. The third-order valence-corrected chi connectivity index (χ3v) is 4.12. The van der Waals surface area contributed by atoms with Gasteiger partial charge in [-0.15, -0.1) is 0 Å². The lowest BCUT2D eigenvalue weighted by Gasteiger charge is -2.10. The Balaban J connectivity index is 1.48. The molecule has 2 aromatic carbocycles. The monoisotopic (exact) mass is 348 g/mol. The van der Waals surface area contributed by atoms with Crippen molar-refractivity contribution in [3.8, 4) is 11.5 Å². The highest BCUT2D eigenvalue weighted by Gasteiger charge is 2.20. The summed E-state index contributed by atoms with van der Waals surface area (Å²) in [6.07, 6.45) is 1.42. The number of aryl methyl sites for hydroxylation is 1. The van der Waals surface area contributed by atoms with Crippen LogP contribution in [-0.2, 0) is 6.42 Å². The van der Waals surface area contributed by atoms with E-state index in [1.54, 1.807) is 0 Å². The molecule has 3 nitrogen and oxygen atoms in total. The molecule has 2 aromatic rings. The van der Waals surface area contributed by atoms with E-state index >= 15 is 0 Å². The summed E-state index contributed by atoms with van der Waals surface area (Å²) >= 11 is 3.39. The molecule has 0 spiro atoms. The Kier molecular flexibility index (Phi) is 4.46. The molecule has 110 valence electrons. The first-order valence-corrected chi connectivity index (χ1v) is 7.84. The smallest absolute Gasteiger partial charge is 0.122 e. The number of hydrogen-bond donors (Lipinski definition) is 1. The zero-order chi connectivity index (χ0) is 14.7. The third-order valence-electron chi connectivity index (χ3n) is 3.59. The van der Waals surface area contributed by atoms with Crippen molar-refractivity contribution in [3.05, 3.63) is 58.1 Å². The van der Waals surface area contributed by atoms with Gasteiger partial charge in [0.05, 0.1) is 6.10 Å². The molecule has 1 atom stereocenters. The lowest BCUT2D eigenvalue weighted by molar-refractivity contribution is 0.180. The van der Waals surface area contributed by atoms with Crippen LogP contribution in [0.15, 0.2) is 46.9 Å². The van der Waals surface area contributed by atoms with Gasteiger partial charge in [0.2, 0.25) is 0 Å². The first kappa shape index (κ1) is 14.4. The average Bonchev–Trinajstić information content (AvgIpc) is 2.86. The number of aliphatic hydroxyl groups is 1. The van der Waals surface area contributed by atoms with Gasteiger partial charge in [0, 0.05) is 4.47 Å². The van der Waals surface area contributed by atoms with Crippen molar-refractivity contribution in [2.45, 2.75) is 18.9 Å². The van der Waals surface area contributed by atoms with E-state index in [1.807, 2.05) is 42.5 Å². The fourth-order valence-electron chi connectivity index (χ4n) is 2.51. The molecule has 0 radical (unpaired) electrons. The van der Waals surface area contributed by atoms with Gasteiger partial charge >= 0.3 is 0 Å². The van der Waals surface area contributed by atoms with Gasteiger partial charge in [-0.1, -0.05) is 22.0 Å². The molecule has 0 saturated carbocycles. The second-order valence-corrected chi connectivity index (χ2v) is 5.98. The van der Waals surface area contributed by atoms with E-state index in [4.69, 9.17) is 9.47 Å². The molecule has 0 amide bonds. The fourth-order valence-corrected chi connectivity index (χ4v) is 2.78. The Hall–Kier alpha value is -1.52. The first-order valence-electron chi connectivity index (χ1n) is 7.04. The minimum absolute atomic E-state index is 0.310. The topological polar surface area (TPSA) is 38.7 Å². The van der Waals surface area contributed by atoms with Crippen molar-refractivity contribution in [1.29, 1.82) is 0 Å². The summed E-state index contributed by atoms with van der Waals surface area (Å²) in [6, 6.07) is 13.6. The maximum Gasteiger partial charge on any atom is 0.122 e. The van der Waals surface area contributed by atoms with Crippen molar-refractivity contribution < 1.29 is 14.6 Å². The van der Waals surface area contributed by atoms with Crippen LogP contribution in [0.5, 0.6) is 11.5 Å². The quantitative estimate of drug-likeness (QED) is 0.833. The van der Waals surface area contributed by atoms with Crippen LogP contribution in [0.25, 0.3) is 0 Å². The van der Waals surface area contributed by atoms with Crippen molar-refractivity contribution in [3.63, 3.8) is 0 Å². The molecule has 1 N–H and O–H groups in total. The number of hydrogen-bond acceptors (Lipinski definition) is 3. The van der Waals surface area contributed by atoms with E-state index in [-0.39, 0.29) is 6.10 Å². The molecule has 1 unspecified atom stereocenters. The largest absolute Gasteiger partial charge is 0.490 e. The van der Waals surface area contributed by atoms with Crippen LogP contribution in [0.3, 0.4) is 0 Å². The highest BCUT2D eigenvalue weighted by atomic mass is 79.9. The standard InChI is InChI=1S/C17H17BrO3/c18-13-2-4-14(5-3-13)20-9-10-21-15-6-7-16-12(11-15)1-8-17(16)19/h2-7,11,17,19H,1,8-10H2. The van der Waals surface area contributed by atoms with Crippen molar-refractivity contribution in [2.75, 3.05) is 13.2 Å². The van der Waals surface area contributed by atoms with E-state index < -0.39 is 0 Å². The minimum atomic E-state index is -0.310. The minimum Gasteiger partial charge on any atom is -0.490 e. The summed E-state index contributed by atoms with van der Waals surface area (Å²) in [7, 11) is 0. The van der Waals surface area contributed by atoms with Crippen LogP contribution in [0.2, 0.25) is 0 Å². The number of ether oxygens (including phenoxy) is 2. The summed E-state index contributed by atoms with van der Waals surface area (Å²) in [5.41, 5.74) is 2.22. The normalized spacial score (nSPS) is 16.6. The van der Waals surface area contributed by atoms with Crippen molar-refractivity contribution in [2.24, 2.45) is 0 Å². The molecule has 0 bridgehead atoms. The Morgan fingerprint density at radius 1 is 1.00 bits per heavy atom. The zero-order valence-corrected chi connectivity index (χ0v) is 13.2. The van der Waals surface area contributed by atoms with E-state index in [0.29, 0.717) is 13.2 Å². The van der Waals surface area contributed by atoms with E-state index in [1.165, 1.54) is 5.56 Å². The number of halogens is 1. The number of fused-ring (bicyclic) bond motifs is 1. The highest BCUT2D eigenvalue weighted by molar-refractivity contribution is 9.10. The molecular weight excluding hydrogens is 332 g/mol. The molecular formula is C17H17BrO3. The maximum absolute atomic E-state index is 9.77. The van der Waals surface area contributed by atoms with E-state index in [9.17, 15) is 5.11 Å². The van der Waals surface area contributed by atoms with Gasteiger partial charge in [0.25, 0.3) is 0 Å². The van der Waals surface area contributed by atoms with Crippen LogP contribution >= 0.6 is 15.9 Å². The van der Waals surface area contributed by atoms with Gasteiger partial charge in [-0.3, -0.25) is 0 Å². The van der Waals surface area contributed by atoms with Crippen LogP contribution in [-0.4, -0.2) is 18.3 Å². The molecule has 1 aliphatic rings. The summed E-state index contributed by atoms with van der Waals surface area (Å²) in [5, 5.41) is 9.77. The Bertz CT molecular complexity index is 610. The van der Waals surface area contributed by atoms with Gasteiger partial charge in [0.15, 0.2) is 0 Å². The van der Waals surface area contributed by atoms with Crippen LogP contribution in [0.4, 0.5) is 0 Å². The van der Waals surface area contributed by atoms with Crippen molar-refractivity contribution >= 4 is 15.9 Å². The second kappa shape index (κ2) is 6.50. The van der Waals surface area contributed by atoms with E-state index in [2.05, 4.69) is 15.9 Å². The Morgan fingerprint density at radius 3 is 2.43 bits per heavy atom.